The second-order valence-corrected chi connectivity index (χ2v) is 15.6. The van der Waals surface area contributed by atoms with E-state index in [4.69, 9.17) is 15.1 Å². The van der Waals surface area contributed by atoms with Crippen LogP contribution in [0.4, 0.5) is 0 Å². The standard InChI is InChI=1S/C57H36N4/c1-4-17-37(18-5-1)53-35-40-23-10-11-26-44(40)56-54(55(60-61(53)56)38-19-6-2-7-20-38)43-25-16-24-41(33-43)51-36-52(59-57(58-51)39-21-8-3-9-22-39)42-31-32-49-47-29-13-12-27-45(47)46-28-14-15-30-48(46)50(49)34-42/h1-36H. The number of benzene rings is 9. The Bertz CT molecular complexity index is 3600. The maximum atomic E-state index is 5.45. The first-order chi connectivity index (χ1) is 30.2. The monoisotopic (exact) mass is 776 g/mol. The van der Waals surface area contributed by atoms with Crippen molar-refractivity contribution in [3.63, 3.8) is 0 Å². The maximum absolute atomic E-state index is 5.45. The van der Waals surface area contributed by atoms with Gasteiger partial charge in [0.25, 0.3) is 0 Å². The molecule has 12 rings (SSSR count). The fourth-order valence-electron chi connectivity index (χ4n) is 9.13. The second-order valence-electron chi connectivity index (χ2n) is 15.6. The third-order valence-electron chi connectivity index (χ3n) is 12.0. The zero-order valence-electron chi connectivity index (χ0n) is 33.1. The Morgan fingerprint density at radius 1 is 0.311 bits per heavy atom. The van der Waals surface area contributed by atoms with Crippen LogP contribution in [0.1, 0.15) is 0 Å². The minimum absolute atomic E-state index is 0.682. The molecule has 0 aliphatic carbocycles. The highest BCUT2D eigenvalue weighted by atomic mass is 15.2. The van der Waals surface area contributed by atoms with Gasteiger partial charge >= 0.3 is 0 Å². The lowest BCUT2D eigenvalue weighted by Gasteiger charge is -2.14. The third kappa shape index (κ3) is 5.88. The van der Waals surface area contributed by atoms with Crippen LogP contribution in [0.15, 0.2) is 218 Å². The van der Waals surface area contributed by atoms with Crippen LogP contribution in [0.5, 0.6) is 0 Å². The Kier molecular flexibility index (Phi) is 8.13. The molecule has 61 heavy (non-hydrogen) atoms. The summed E-state index contributed by atoms with van der Waals surface area (Å²) < 4.78 is 2.14. The van der Waals surface area contributed by atoms with E-state index in [0.29, 0.717) is 5.82 Å². The summed E-state index contributed by atoms with van der Waals surface area (Å²) in [5, 5.41) is 15.2. The Balaban J connectivity index is 1.09. The van der Waals surface area contributed by atoms with Crippen LogP contribution in [0.3, 0.4) is 0 Å². The topological polar surface area (TPSA) is 43.1 Å². The molecular weight excluding hydrogens is 741 g/mol. The normalized spacial score (nSPS) is 11.6. The molecule has 4 nitrogen and oxygen atoms in total. The third-order valence-corrected chi connectivity index (χ3v) is 12.0. The average Bonchev–Trinajstić information content (AvgIpc) is 3.76. The molecule has 0 saturated carbocycles. The molecular formula is C57H36N4. The Labute approximate surface area is 352 Å². The van der Waals surface area contributed by atoms with Crippen LogP contribution in [0, 0.1) is 0 Å². The van der Waals surface area contributed by atoms with Crippen LogP contribution in [0.2, 0.25) is 0 Å². The van der Waals surface area contributed by atoms with Crippen LogP contribution >= 0.6 is 0 Å². The van der Waals surface area contributed by atoms with Crippen molar-refractivity contribution in [2.24, 2.45) is 0 Å². The largest absolute Gasteiger partial charge is 0.231 e. The fraction of sp³-hybridized carbons (Fsp3) is 0. The molecule has 0 unspecified atom stereocenters. The van der Waals surface area contributed by atoms with Crippen LogP contribution in [-0.4, -0.2) is 19.6 Å². The van der Waals surface area contributed by atoms with Crippen molar-refractivity contribution in [2.45, 2.75) is 0 Å². The van der Waals surface area contributed by atoms with Crippen molar-refractivity contribution in [1.82, 2.24) is 19.6 Å². The molecule has 0 spiro atoms. The van der Waals surface area contributed by atoms with Gasteiger partial charge in [0.1, 0.15) is 5.69 Å². The lowest BCUT2D eigenvalue weighted by molar-refractivity contribution is 0.979. The first-order valence-electron chi connectivity index (χ1n) is 20.7. The Morgan fingerprint density at radius 2 is 0.803 bits per heavy atom. The number of pyridine rings is 1. The van der Waals surface area contributed by atoms with Gasteiger partial charge in [-0.1, -0.05) is 194 Å². The van der Waals surface area contributed by atoms with E-state index in [2.05, 4.69) is 205 Å². The van der Waals surface area contributed by atoms with Crippen molar-refractivity contribution in [3.05, 3.63) is 218 Å². The van der Waals surface area contributed by atoms with Crippen LogP contribution in [0.25, 0.3) is 116 Å². The highest BCUT2D eigenvalue weighted by molar-refractivity contribution is 6.25. The molecule has 9 aromatic carbocycles. The molecule has 0 fully saturated rings. The SMILES string of the molecule is c1ccc(-c2nc(-c3cccc(-c4c(-c5ccccc5)nn5c(-c6ccccc6)cc6ccccc6c45)c3)cc(-c3ccc4c5ccccc5c5ccccc5c4c3)n2)cc1. The Hall–Kier alpha value is -8.21. The van der Waals surface area contributed by atoms with Gasteiger partial charge in [0.05, 0.1) is 22.6 Å². The van der Waals surface area contributed by atoms with Gasteiger partial charge in [-0.25, -0.2) is 14.5 Å². The minimum atomic E-state index is 0.682. The van der Waals surface area contributed by atoms with Crippen molar-refractivity contribution < 1.29 is 0 Å². The molecule has 0 atom stereocenters. The lowest BCUT2D eigenvalue weighted by Crippen LogP contribution is -1.96. The molecule has 0 bridgehead atoms. The van der Waals surface area contributed by atoms with E-state index in [0.717, 1.165) is 78.0 Å². The summed E-state index contributed by atoms with van der Waals surface area (Å²) in [6.45, 7) is 0. The lowest BCUT2D eigenvalue weighted by atomic mass is 9.92. The quantitative estimate of drug-likeness (QED) is 0.158. The number of hydrogen-bond acceptors (Lipinski definition) is 3. The van der Waals surface area contributed by atoms with Crippen molar-refractivity contribution in [2.75, 3.05) is 0 Å². The summed E-state index contributed by atoms with van der Waals surface area (Å²) in [4.78, 5) is 10.6. The van der Waals surface area contributed by atoms with Crippen molar-refractivity contribution in [3.8, 4) is 67.5 Å². The number of rotatable bonds is 6. The summed E-state index contributed by atoms with van der Waals surface area (Å²) in [6, 6.07) is 77.4. The molecule has 3 aromatic heterocycles. The van der Waals surface area contributed by atoms with Crippen LogP contribution < -0.4 is 0 Å². The van der Waals surface area contributed by atoms with Gasteiger partial charge in [-0.05, 0) is 67.5 Å². The van der Waals surface area contributed by atoms with E-state index in [1.165, 1.54) is 32.3 Å². The molecule has 0 saturated heterocycles. The van der Waals surface area contributed by atoms with E-state index in [9.17, 15) is 0 Å². The highest BCUT2D eigenvalue weighted by Crippen LogP contribution is 2.43. The predicted molar refractivity (Wildman–Crippen MR) is 253 cm³/mol. The summed E-state index contributed by atoms with van der Waals surface area (Å²) in [5.74, 6) is 0.682. The zero-order chi connectivity index (χ0) is 40.3. The molecule has 284 valence electrons. The molecule has 0 radical (unpaired) electrons. The molecule has 0 N–H and O–H groups in total. The Morgan fingerprint density at radius 3 is 1.46 bits per heavy atom. The van der Waals surface area contributed by atoms with Gasteiger partial charge in [0.2, 0.25) is 0 Å². The zero-order valence-corrected chi connectivity index (χ0v) is 33.1. The van der Waals surface area contributed by atoms with Gasteiger partial charge in [-0.3, -0.25) is 0 Å². The average molecular weight is 777 g/mol. The molecule has 0 amide bonds. The van der Waals surface area contributed by atoms with E-state index in [1.54, 1.807) is 0 Å². The van der Waals surface area contributed by atoms with Gasteiger partial charge < -0.3 is 0 Å². The first kappa shape index (κ1) is 34.8. The number of hydrogen-bond donors (Lipinski definition) is 0. The van der Waals surface area contributed by atoms with E-state index < -0.39 is 0 Å². The smallest absolute Gasteiger partial charge is 0.160 e. The van der Waals surface area contributed by atoms with Gasteiger partial charge in [-0.2, -0.15) is 5.10 Å². The summed E-state index contributed by atoms with van der Waals surface area (Å²) in [5.41, 5.74) is 12.1. The summed E-state index contributed by atoms with van der Waals surface area (Å²) in [7, 11) is 0. The summed E-state index contributed by atoms with van der Waals surface area (Å²) >= 11 is 0. The van der Waals surface area contributed by atoms with Gasteiger partial charge in [-0.15, -0.1) is 0 Å². The number of fused-ring (bicyclic) bond motifs is 9. The van der Waals surface area contributed by atoms with E-state index >= 15 is 0 Å². The number of nitrogens with zero attached hydrogens (tertiary/aromatic N) is 4. The van der Waals surface area contributed by atoms with Crippen LogP contribution in [-0.2, 0) is 0 Å². The molecule has 4 heteroatoms. The number of aromatic nitrogens is 4. The summed E-state index contributed by atoms with van der Waals surface area (Å²) in [6.07, 6.45) is 0. The van der Waals surface area contributed by atoms with Crippen molar-refractivity contribution >= 4 is 48.6 Å². The molecule has 0 aliphatic rings. The molecule has 12 aromatic rings. The fourth-order valence-corrected chi connectivity index (χ4v) is 9.13. The van der Waals surface area contributed by atoms with E-state index in [-0.39, 0.29) is 0 Å². The van der Waals surface area contributed by atoms with Gasteiger partial charge in [0.15, 0.2) is 5.82 Å². The highest BCUT2D eigenvalue weighted by Gasteiger charge is 2.22. The molecule has 0 aliphatic heterocycles. The first-order valence-corrected chi connectivity index (χ1v) is 20.7. The predicted octanol–water partition coefficient (Wildman–Crippen LogP) is 14.7. The van der Waals surface area contributed by atoms with E-state index in [1.807, 2.05) is 18.2 Å². The maximum Gasteiger partial charge on any atom is 0.160 e. The van der Waals surface area contributed by atoms with Crippen molar-refractivity contribution in [1.29, 1.82) is 0 Å². The second kappa shape index (κ2) is 14.3. The molecule has 3 heterocycles. The van der Waals surface area contributed by atoms with Gasteiger partial charge in [0, 0.05) is 38.8 Å². The minimum Gasteiger partial charge on any atom is -0.231 e.